The van der Waals surface area contributed by atoms with Crippen LogP contribution in [0, 0.1) is 18.6 Å². The van der Waals surface area contributed by atoms with Gasteiger partial charge in [-0.25, -0.2) is 8.78 Å². The van der Waals surface area contributed by atoms with Crippen LogP contribution in [-0.2, 0) is 0 Å². The molecule has 20 heavy (non-hydrogen) atoms. The van der Waals surface area contributed by atoms with Crippen molar-refractivity contribution in [1.29, 1.82) is 0 Å². The molecule has 1 heterocycles. The van der Waals surface area contributed by atoms with Crippen LogP contribution in [0.4, 0.5) is 8.78 Å². The highest BCUT2D eigenvalue weighted by atomic mass is 32.1. The first-order valence-corrected chi connectivity index (χ1v) is 7.13. The smallest absolute Gasteiger partial charge is 0.164 e. The van der Waals surface area contributed by atoms with Crippen LogP contribution in [0.25, 0.3) is 10.1 Å². The number of hydrogen-bond acceptors (Lipinski definition) is 2. The lowest BCUT2D eigenvalue weighted by Crippen LogP contribution is -2.14. The molecule has 0 spiro atoms. The molecule has 0 saturated carbocycles. The van der Waals surface area contributed by atoms with Crippen molar-refractivity contribution in [2.45, 2.75) is 13.0 Å². The van der Waals surface area contributed by atoms with E-state index in [9.17, 15) is 8.78 Å². The molecule has 4 heteroatoms. The normalized spacial score (nSPS) is 12.8. The molecule has 102 valence electrons. The van der Waals surface area contributed by atoms with Crippen molar-refractivity contribution < 1.29 is 8.78 Å². The number of benzene rings is 2. The Balaban J connectivity index is 2.13. The standard InChI is InChI=1S/C16H13F2NS/c1-9-6-7-11(15(18)14(9)17)16(19)12-8-20-13-5-3-2-4-10(12)13/h2-8,16H,19H2,1H3. The molecule has 0 aliphatic heterocycles. The Kier molecular flexibility index (Phi) is 3.28. The Morgan fingerprint density at radius 2 is 1.75 bits per heavy atom. The monoisotopic (exact) mass is 289 g/mol. The molecule has 0 fully saturated rings. The molecule has 1 nitrogen and oxygen atoms in total. The maximum absolute atomic E-state index is 14.1. The fourth-order valence-corrected chi connectivity index (χ4v) is 3.31. The van der Waals surface area contributed by atoms with Crippen molar-refractivity contribution in [2.75, 3.05) is 0 Å². The zero-order valence-electron chi connectivity index (χ0n) is 10.9. The number of rotatable bonds is 2. The molecule has 0 bridgehead atoms. The maximum Gasteiger partial charge on any atom is 0.164 e. The SMILES string of the molecule is Cc1ccc(C(N)c2csc3ccccc23)c(F)c1F. The van der Waals surface area contributed by atoms with E-state index >= 15 is 0 Å². The van der Waals surface area contributed by atoms with Gasteiger partial charge in [-0.05, 0) is 34.9 Å². The van der Waals surface area contributed by atoms with Crippen LogP contribution in [-0.4, -0.2) is 0 Å². The Morgan fingerprint density at radius 1 is 1.00 bits per heavy atom. The average molecular weight is 289 g/mol. The van der Waals surface area contributed by atoms with Crippen LogP contribution >= 0.6 is 11.3 Å². The van der Waals surface area contributed by atoms with Gasteiger partial charge in [0.15, 0.2) is 11.6 Å². The van der Waals surface area contributed by atoms with Crippen molar-refractivity contribution in [2.24, 2.45) is 5.73 Å². The van der Waals surface area contributed by atoms with E-state index in [1.54, 1.807) is 23.5 Å². The maximum atomic E-state index is 14.1. The van der Waals surface area contributed by atoms with Crippen LogP contribution in [0.2, 0.25) is 0 Å². The van der Waals surface area contributed by atoms with Crippen molar-refractivity contribution in [3.63, 3.8) is 0 Å². The van der Waals surface area contributed by atoms with Crippen LogP contribution in [0.5, 0.6) is 0 Å². The van der Waals surface area contributed by atoms with Crippen molar-refractivity contribution in [3.05, 3.63) is 70.1 Å². The summed E-state index contributed by atoms with van der Waals surface area (Å²) in [6.07, 6.45) is 0. The van der Waals surface area contributed by atoms with Gasteiger partial charge in [0.2, 0.25) is 0 Å². The van der Waals surface area contributed by atoms with Crippen LogP contribution in [0.1, 0.15) is 22.7 Å². The Hall–Kier alpha value is -1.78. The minimum atomic E-state index is -0.854. The van der Waals surface area contributed by atoms with Gasteiger partial charge in [-0.1, -0.05) is 30.3 Å². The third-order valence-corrected chi connectivity index (χ3v) is 4.47. The fraction of sp³-hybridized carbons (Fsp3) is 0.125. The molecule has 3 rings (SSSR count). The van der Waals surface area contributed by atoms with Crippen molar-refractivity contribution in [3.8, 4) is 0 Å². The van der Waals surface area contributed by atoms with Gasteiger partial charge >= 0.3 is 0 Å². The average Bonchev–Trinajstić information content (AvgIpc) is 2.88. The Labute approximate surface area is 119 Å². The topological polar surface area (TPSA) is 26.0 Å². The molecule has 0 aliphatic rings. The fourth-order valence-electron chi connectivity index (χ4n) is 2.31. The molecule has 3 aromatic rings. The quantitative estimate of drug-likeness (QED) is 0.736. The first kappa shape index (κ1) is 13.2. The Bertz CT molecular complexity index is 779. The van der Waals surface area contributed by atoms with Crippen molar-refractivity contribution in [1.82, 2.24) is 0 Å². The molecule has 0 aliphatic carbocycles. The summed E-state index contributed by atoms with van der Waals surface area (Å²) >= 11 is 1.55. The summed E-state index contributed by atoms with van der Waals surface area (Å²) in [6, 6.07) is 10.2. The van der Waals surface area contributed by atoms with E-state index in [-0.39, 0.29) is 11.1 Å². The van der Waals surface area contributed by atoms with Crippen molar-refractivity contribution >= 4 is 21.4 Å². The molecule has 0 amide bonds. The van der Waals surface area contributed by atoms with Crippen LogP contribution < -0.4 is 5.73 Å². The molecular formula is C16H13F2NS. The van der Waals surface area contributed by atoms with Crippen LogP contribution in [0.3, 0.4) is 0 Å². The summed E-state index contributed by atoms with van der Waals surface area (Å²) in [4.78, 5) is 0. The second-order valence-electron chi connectivity index (χ2n) is 4.76. The van der Waals surface area contributed by atoms with E-state index in [4.69, 9.17) is 5.73 Å². The van der Waals surface area contributed by atoms with E-state index < -0.39 is 17.7 Å². The number of nitrogens with two attached hydrogens (primary N) is 1. The summed E-state index contributed by atoms with van der Waals surface area (Å²) in [5.74, 6) is -1.68. The van der Waals surface area contributed by atoms with E-state index in [1.807, 2.05) is 29.6 Å². The van der Waals surface area contributed by atoms with Crippen LogP contribution in [0.15, 0.2) is 41.8 Å². The predicted molar refractivity (Wildman–Crippen MR) is 79.0 cm³/mol. The Morgan fingerprint density at radius 3 is 2.55 bits per heavy atom. The molecule has 0 radical (unpaired) electrons. The second-order valence-corrected chi connectivity index (χ2v) is 5.68. The van der Waals surface area contributed by atoms with Gasteiger partial charge < -0.3 is 5.73 Å². The van der Waals surface area contributed by atoms with Gasteiger partial charge in [0.25, 0.3) is 0 Å². The third-order valence-electron chi connectivity index (χ3n) is 3.49. The minimum Gasteiger partial charge on any atom is -0.320 e. The zero-order valence-corrected chi connectivity index (χ0v) is 11.7. The molecule has 1 unspecified atom stereocenters. The molecule has 1 atom stereocenters. The highest BCUT2D eigenvalue weighted by Crippen LogP contribution is 2.33. The van der Waals surface area contributed by atoms with E-state index in [0.29, 0.717) is 0 Å². The van der Waals surface area contributed by atoms with Gasteiger partial charge in [0.05, 0.1) is 6.04 Å². The summed E-state index contributed by atoms with van der Waals surface area (Å²) in [5.41, 5.74) is 7.45. The minimum absolute atomic E-state index is 0.191. The molecule has 2 N–H and O–H groups in total. The summed E-state index contributed by atoms with van der Waals surface area (Å²) in [7, 11) is 0. The predicted octanol–water partition coefficient (Wildman–Crippen LogP) is 4.54. The third kappa shape index (κ3) is 2.01. The largest absolute Gasteiger partial charge is 0.320 e. The molecule has 1 aromatic heterocycles. The number of aryl methyl sites for hydroxylation is 1. The first-order valence-electron chi connectivity index (χ1n) is 6.26. The zero-order chi connectivity index (χ0) is 14.3. The van der Waals surface area contributed by atoms with Gasteiger partial charge in [-0.2, -0.15) is 0 Å². The summed E-state index contributed by atoms with van der Waals surface area (Å²) < 4.78 is 28.8. The van der Waals surface area contributed by atoms with E-state index in [0.717, 1.165) is 15.6 Å². The number of hydrogen-bond donors (Lipinski definition) is 1. The lowest BCUT2D eigenvalue weighted by molar-refractivity contribution is 0.489. The van der Waals surface area contributed by atoms with E-state index in [2.05, 4.69) is 0 Å². The lowest BCUT2D eigenvalue weighted by atomic mass is 9.97. The molecular weight excluding hydrogens is 276 g/mol. The number of thiophene rings is 1. The second kappa shape index (κ2) is 4.96. The lowest BCUT2D eigenvalue weighted by Gasteiger charge is -2.14. The first-order chi connectivity index (χ1) is 9.59. The summed E-state index contributed by atoms with van der Waals surface area (Å²) in [5, 5.41) is 2.90. The van der Waals surface area contributed by atoms with E-state index in [1.165, 1.54) is 6.92 Å². The van der Waals surface area contributed by atoms with Gasteiger partial charge in [0.1, 0.15) is 0 Å². The van der Waals surface area contributed by atoms with Gasteiger partial charge in [-0.15, -0.1) is 11.3 Å². The number of halogens is 2. The van der Waals surface area contributed by atoms with Gasteiger partial charge in [0, 0.05) is 10.3 Å². The highest BCUT2D eigenvalue weighted by molar-refractivity contribution is 7.17. The molecule has 2 aromatic carbocycles. The number of fused-ring (bicyclic) bond motifs is 1. The molecule has 0 saturated heterocycles. The highest BCUT2D eigenvalue weighted by Gasteiger charge is 2.20. The summed E-state index contributed by atoms with van der Waals surface area (Å²) in [6.45, 7) is 1.54. The van der Waals surface area contributed by atoms with Gasteiger partial charge in [-0.3, -0.25) is 0 Å².